The molecular weight excluding hydrogens is 330 g/mol. The minimum Gasteiger partial charge on any atom is -0.495 e. The number of hydrogen-bond acceptors (Lipinski definition) is 4. The van der Waals surface area contributed by atoms with E-state index in [2.05, 4.69) is 4.90 Å². The molecule has 1 saturated heterocycles. The second-order valence-electron chi connectivity index (χ2n) is 7.01. The highest BCUT2D eigenvalue weighted by Crippen LogP contribution is 2.49. The van der Waals surface area contributed by atoms with E-state index in [0.29, 0.717) is 39.0 Å². The molecular formula is C20H29N3O3. The average molecular weight is 359 g/mol. The standard InChI is InChI=1S/C20H29N3O3/c1-4-21(5-2)18(24)20(10-11-20)19(25)23-14-12-22(13-15-23)16-8-6-7-9-17(16)26-3/h6-9H,4-5,10-15H2,1-3H3. The molecule has 2 aliphatic rings. The summed E-state index contributed by atoms with van der Waals surface area (Å²) in [4.78, 5) is 31.8. The highest BCUT2D eigenvalue weighted by molar-refractivity contribution is 6.07. The number of ether oxygens (including phenoxy) is 1. The molecule has 26 heavy (non-hydrogen) atoms. The predicted molar refractivity (Wildman–Crippen MR) is 101 cm³/mol. The lowest BCUT2D eigenvalue weighted by atomic mass is 10.0. The van der Waals surface area contributed by atoms with Crippen LogP contribution in [0.25, 0.3) is 0 Å². The summed E-state index contributed by atoms with van der Waals surface area (Å²) in [6, 6.07) is 7.95. The van der Waals surface area contributed by atoms with Crippen LogP contribution in [0.15, 0.2) is 24.3 Å². The van der Waals surface area contributed by atoms with Crippen molar-refractivity contribution in [3.63, 3.8) is 0 Å². The van der Waals surface area contributed by atoms with Gasteiger partial charge in [-0.2, -0.15) is 0 Å². The Hall–Kier alpha value is -2.24. The van der Waals surface area contributed by atoms with E-state index in [4.69, 9.17) is 4.74 Å². The van der Waals surface area contributed by atoms with Crippen LogP contribution in [0.1, 0.15) is 26.7 Å². The van der Waals surface area contributed by atoms with E-state index in [1.165, 1.54) is 0 Å². The molecule has 6 heteroatoms. The third-order valence-corrected chi connectivity index (χ3v) is 5.61. The molecule has 1 saturated carbocycles. The van der Waals surface area contributed by atoms with E-state index in [-0.39, 0.29) is 11.8 Å². The molecule has 1 aromatic carbocycles. The lowest BCUT2D eigenvalue weighted by molar-refractivity contribution is -0.149. The zero-order chi connectivity index (χ0) is 18.7. The minimum absolute atomic E-state index is 0.0136. The van der Waals surface area contributed by atoms with Gasteiger partial charge in [0.1, 0.15) is 11.2 Å². The summed E-state index contributed by atoms with van der Waals surface area (Å²) in [6.07, 6.45) is 1.38. The van der Waals surface area contributed by atoms with E-state index < -0.39 is 5.41 Å². The molecule has 0 bridgehead atoms. The Morgan fingerprint density at radius 3 is 2.23 bits per heavy atom. The number of piperazine rings is 1. The van der Waals surface area contributed by atoms with E-state index in [1.807, 2.05) is 43.0 Å². The minimum atomic E-state index is -0.779. The Labute approximate surface area is 155 Å². The van der Waals surface area contributed by atoms with E-state index in [1.54, 1.807) is 12.0 Å². The van der Waals surface area contributed by atoms with Gasteiger partial charge in [0, 0.05) is 39.3 Å². The van der Waals surface area contributed by atoms with Crippen LogP contribution >= 0.6 is 0 Å². The number of carbonyl (C=O) groups excluding carboxylic acids is 2. The molecule has 6 nitrogen and oxygen atoms in total. The van der Waals surface area contributed by atoms with Gasteiger partial charge in [0.05, 0.1) is 12.8 Å². The number of benzene rings is 1. The number of para-hydroxylation sites is 2. The van der Waals surface area contributed by atoms with Crippen LogP contribution in [0.3, 0.4) is 0 Å². The maximum absolute atomic E-state index is 13.1. The summed E-state index contributed by atoms with van der Waals surface area (Å²) in [6.45, 7) is 8.04. The SMILES string of the molecule is CCN(CC)C(=O)C1(C(=O)N2CCN(c3ccccc3OC)CC2)CC1. The van der Waals surface area contributed by atoms with Crippen LogP contribution in [-0.2, 0) is 9.59 Å². The third kappa shape index (κ3) is 3.24. The van der Waals surface area contributed by atoms with E-state index in [9.17, 15) is 9.59 Å². The lowest BCUT2D eigenvalue weighted by Crippen LogP contribution is -2.53. The van der Waals surface area contributed by atoms with Gasteiger partial charge in [-0.3, -0.25) is 9.59 Å². The topological polar surface area (TPSA) is 53.1 Å². The maximum atomic E-state index is 13.1. The summed E-state index contributed by atoms with van der Waals surface area (Å²) < 4.78 is 5.45. The fourth-order valence-corrected chi connectivity index (χ4v) is 3.80. The molecule has 1 aliphatic carbocycles. The van der Waals surface area contributed by atoms with Crippen LogP contribution in [0.4, 0.5) is 5.69 Å². The third-order valence-electron chi connectivity index (χ3n) is 5.61. The normalized spacial score (nSPS) is 18.4. The van der Waals surface area contributed by atoms with Crippen molar-refractivity contribution in [3.05, 3.63) is 24.3 Å². The average Bonchev–Trinajstić information content (AvgIpc) is 3.50. The van der Waals surface area contributed by atoms with Crippen molar-refractivity contribution < 1.29 is 14.3 Å². The van der Waals surface area contributed by atoms with Crippen LogP contribution < -0.4 is 9.64 Å². The van der Waals surface area contributed by atoms with Crippen molar-refractivity contribution in [2.75, 3.05) is 51.3 Å². The largest absolute Gasteiger partial charge is 0.495 e. The zero-order valence-electron chi connectivity index (χ0n) is 16.0. The van der Waals surface area contributed by atoms with Crippen LogP contribution in [0.5, 0.6) is 5.75 Å². The zero-order valence-corrected chi connectivity index (χ0v) is 16.0. The Bertz CT molecular complexity index is 660. The summed E-state index contributed by atoms with van der Waals surface area (Å²) in [5.74, 6) is 0.886. The number of amides is 2. The molecule has 0 aromatic heterocycles. The van der Waals surface area contributed by atoms with Crippen molar-refractivity contribution >= 4 is 17.5 Å². The summed E-state index contributed by atoms with van der Waals surface area (Å²) in [5.41, 5.74) is 0.279. The van der Waals surface area contributed by atoms with Gasteiger partial charge in [-0.25, -0.2) is 0 Å². The Morgan fingerprint density at radius 1 is 1.08 bits per heavy atom. The summed E-state index contributed by atoms with van der Waals surface area (Å²) in [7, 11) is 1.67. The first-order chi connectivity index (χ1) is 12.6. The summed E-state index contributed by atoms with van der Waals surface area (Å²) >= 11 is 0. The second-order valence-corrected chi connectivity index (χ2v) is 7.01. The summed E-state index contributed by atoms with van der Waals surface area (Å²) in [5, 5.41) is 0. The van der Waals surface area contributed by atoms with E-state index >= 15 is 0 Å². The van der Waals surface area contributed by atoms with Crippen molar-refractivity contribution in [1.29, 1.82) is 0 Å². The second kappa shape index (κ2) is 7.56. The number of hydrogen-bond donors (Lipinski definition) is 0. The molecule has 2 fully saturated rings. The van der Waals surface area contributed by atoms with Crippen LogP contribution in [0.2, 0.25) is 0 Å². The number of nitrogens with zero attached hydrogens (tertiary/aromatic N) is 3. The monoisotopic (exact) mass is 359 g/mol. The Balaban J connectivity index is 1.65. The fraction of sp³-hybridized carbons (Fsp3) is 0.600. The van der Waals surface area contributed by atoms with Gasteiger partial charge in [-0.05, 0) is 38.8 Å². The van der Waals surface area contributed by atoms with Crippen molar-refractivity contribution in [2.24, 2.45) is 5.41 Å². The van der Waals surface area contributed by atoms with Gasteiger partial charge in [-0.1, -0.05) is 12.1 Å². The molecule has 0 spiro atoms. The van der Waals surface area contributed by atoms with Crippen LogP contribution in [-0.4, -0.2) is 68.0 Å². The van der Waals surface area contributed by atoms with Gasteiger partial charge < -0.3 is 19.4 Å². The highest BCUT2D eigenvalue weighted by atomic mass is 16.5. The highest BCUT2D eigenvalue weighted by Gasteiger charge is 2.59. The predicted octanol–water partition coefficient (Wildman–Crippen LogP) is 1.99. The van der Waals surface area contributed by atoms with Crippen LogP contribution in [0, 0.1) is 5.41 Å². The van der Waals surface area contributed by atoms with Crippen molar-refractivity contribution in [1.82, 2.24) is 9.80 Å². The first-order valence-corrected chi connectivity index (χ1v) is 9.54. The molecule has 0 atom stereocenters. The number of anilines is 1. The smallest absolute Gasteiger partial charge is 0.238 e. The van der Waals surface area contributed by atoms with Gasteiger partial charge in [0.25, 0.3) is 0 Å². The lowest BCUT2D eigenvalue weighted by Gasteiger charge is -2.38. The number of methoxy groups -OCH3 is 1. The molecule has 1 aromatic rings. The van der Waals surface area contributed by atoms with Gasteiger partial charge in [0.2, 0.25) is 11.8 Å². The Morgan fingerprint density at radius 2 is 1.69 bits per heavy atom. The fourth-order valence-electron chi connectivity index (χ4n) is 3.80. The van der Waals surface area contributed by atoms with Crippen molar-refractivity contribution in [2.45, 2.75) is 26.7 Å². The molecule has 0 unspecified atom stereocenters. The molecule has 3 rings (SSSR count). The van der Waals surface area contributed by atoms with E-state index in [0.717, 1.165) is 24.5 Å². The molecule has 1 heterocycles. The number of carbonyl (C=O) groups is 2. The quantitative estimate of drug-likeness (QED) is 0.729. The maximum Gasteiger partial charge on any atom is 0.238 e. The van der Waals surface area contributed by atoms with Gasteiger partial charge in [0.15, 0.2) is 0 Å². The molecule has 142 valence electrons. The molecule has 1 aliphatic heterocycles. The van der Waals surface area contributed by atoms with Gasteiger partial charge in [-0.15, -0.1) is 0 Å². The Kier molecular flexibility index (Phi) is 5.39. The van der Waals surface area contributed by atoms with Gasteiger partial charge >= 0.3 is 0 Å². The first kappa shape index (κ1) is 18.5. The molecule has 2 amide bonds. The molecule has 0 radical (unpaired) electrons. The number of rotatable bonds is 6. The van der Waals surface area contributed by atoms with Crippen molar-refractivity contribution in [3.8, 4) is 5.75 Å². The molecule has 0 N–H and O–H groups in total. The first-order valence-electron chi connectivity index (χ1n) is 9.54.